The van der Waals surface area contributed by atoms with Crippen LogP contribution in [0.4, 0.5) is 13.9 Å². The SMILES string of the molecule is O=C(Nc1nc2ccc(OC(F)F)cc2s1)c1sc2ccccc2c1Cl. The molecule has 0 fully saturated rings. The van der Waals surface area contributed by atoms with Crippen LogP contribution >= 0.6 is 34.3 Å². The van der Waals surface area contributed by atoms with Crippen LogP contribution in [0.5, 0.6) is 5.75 Å². The number of halogens is 3. The second-order valence-electron chi connectivity index (χ2n) is 5.22. The summed E-state index contributed by atoms with van der Waals surface area (Å²) in [4.78, 5) is 17.2. The van der Waals surface area contributed by atoms with Gasteiger partial charge in [0.1, 0.15) is 10.6 Å². The molecule has 0 saturated heterocycles. The summed E-state index contributed by atoms with van der Waals surface area (Å²) in [6, 6.07) is 11.9. The molecule has 4 aromatic rings. The van der Waals surface area contributed by atoms with E-state index in [1.54, 1.807) is 6.07 Å². The zero-order chi connectivity index (χ0) is 18.3. The molecule has 0 spiro atoms. The normalized spacial score (nSPS) is 11.4. The van der Waals surface area contributed by atoms with Gasteiger partial charge in [-0.1, -0.05) is 41.1 Å². The molecule has 0 unspecified atom stereocenters. The number of ether oxygens (including phenoxy) is 1. The van der Waals surface area contributed by atoms with Crippen LogP contribution in [0.15, 0.2) is 42.5 Å². The molecule has 0 bridgehead atoms. The van der Waals surface area contributed by atoms with Crippen molar-refractivity contribution < 1.29 is 18.3 Å². The number of carbonyl (C=O) groups excluding carboxylic acids is 1. The maximum Gasteiger partial charge on any atom is 0.387 e. The number of rotatable bonds is 4. The fraction of sp³-hybridized carbons (Fsp3) is 0.0588. The number of amides is 1. The first kappa shape index (κ1) is 17.1. The largest absolute Gasteiger partial charge is 0.435 e. The van der Waals surface area contributed by atoms with E-state index in [4.69, 9.17) is 11.6 Å². The van der Waals surface area contributed by atoms with Gasteiger partial charge < -0.3 is 4.74 Å². The number of hydrogen-bond donors (Lipinski definition) is 1. The lowest BCUT2D eigenvalue weighted by atomic mass is 10.2. The van der Waals surface area contributed by atoms with E-state index in [1.165, 1.54) is 34.8 Å². The predicted octanol–water partition coefficient (Wildman–Crippen LogP) is 6.02. The number of anilines is 1. The third-order valence-corrected chi connectivity index (χ3v) is 6.15. The van der Waals surface area contributed by atoms with Gasteiger partial charge in [-0.25, -0.2) is 4.98 Å². The molecule has 9 heteroatoms. The van der Waals surface area contributed by atoms with Gasteiger partial charge in [-0.15, -0.1) is 11.3 Å². The van der Waals surface area contributed by atoms with Crippen molar-refractivity contribution in [1.82, 2.24) is 4.98 Å². The third-order valence-electron chi connectivity index (χ3n) is 3.55. The molecule has 1 N–H and O–H groups in total. The van der Waals surface area contributed by atoms with E-state index in [0.29, 0.717) is 25.2 Å². The number of fused-ring (bicyclic) bond motifs is 2. The third kappa shape index (κ3) is 3.23. The first-order chi connectivity index (χ1) is 12.5. The lowest BCUT2D eigenvalue weighted by molar-refractivity contribution is -0.0497. The van der Waals surface area contributed by atoms with Crippen molar-refractivity contribution in [2.75, 3.05) is 5.32 Å². The van der Waals surface area contributed by atoms with E-state index in [9.17, 15) is 13.6 Å². The monoisotopic (exact) mass is 410 g/mol. The van der Waals surface area contributed by atoms with Gasteiger partial charge in [-0.3, -0.25) is 10.1 Å². The molecule has 2 aromatic carbocycles. The smallest absolute Gasteiger partial charge is 0.387 e. The maximum absolute atomic E-state index is 12.6. The van der Waals surface area contributed by atoms with Gasteiger partial charge in [0.15, 0.2) is 5.13 Å². The minimum absolute atomic E-state index is 0.0431. The fourth-order valence-corrected chi connectivity index (χ4v) is 4.75. The zero-order valence-electron chi connectivity index (χ0n) is 12.8. The Bertz CT molecular complexity index is 1130. The number of hydrogen-bond acceptors (Lipinski definition) is 5. The Labute approximate surface area is 159 Å². The molecule has 4 rings (SSSR count). The number of nitrogens with one attached hydrogen (secondary N) is 1. The zero-order valence-corrected chi connectivity index (χ0v) is 15.2. The van der Waals surface area contributed by atoms with Crippen molar-refractivity contribution in [3.8, 4) is 5.75 Å². The van der Waals surface area contributed by atoms with Crippen molar-refractivity contribution in [3.05, 3.63) is 52.4 Å². The number of thiophene rings is 1. The van der Waals surface area contributed by atoms with Gasteiger partial charge >= 0.3 is 6.61 Å². The van der Waals surface area contributed by atoms with Crippen LogP contribution < -0.4 is 10.1 Å². The molecule has 1 amide bonds. The van der Waals surface area contributed by atoms with Crippen molar-refractivity contribution in [2.24, 2.45) is 0 Å². The highest BCUT2D eigenvalue weighted by molar-refractivity contribution is 7.23. The summed E-state index contributed by atoms with van der Waals surface area (Å²) in [5.41, 5.74) is 0.578. The van der Waals surface area contributed by atoms with Crippen LogP contribution in [-0.4, -0.2) is 17.5 Å². The summed E-state index contributed by atoms with van der Waals surface area (Å²) >= 11 is 8.78. The molecule has 2 aromatic heterocycles. The van der Waals surface area contributed by atoms with Gasteiger partial charge in [0.05, 0.1) is 15.2 Å². The summed E-state index contributed by atoms with van der Waals surface area (Å²) in [7, 11) is 0. The molecular weight excluding hydrogens is 402 g/mol. The number of thiazole rings is 1. The highest BCUT2D eigenvalue weighted by Gasteiger charge is 2.18. The second kappa shape index (κ2) is 6.79. The summed E-state index contributed by atoms with van der Waals surface area (Å²) in [5.74, 6) is -0.319. The van der Waals surface area contributed by atoms with Gasteiger partial charge in [-0.2, -0.15) is 8.78 Å². The van der Waals surface area contributed by atoms with Gasteiger partial charge in [0.25, 0.3) is 5.91 Å². The highest BCUT2D eigenvalue weighted by Crippen LogP contribution is 2.36. The molecule has 0 aliphatic rings. The first-order valence-corrected chi connectivity index (χ1v) is 9.36. The standard InChI is InChI=1S/C17H9ClF2N2O2S2/c18-13-9-3-1-2-4-11(9)25-14(13)15(23)22-17-21-10-6-5-8(24-16(19)20)7-12(10)26-17/h1-7,16H,(H,21,22,23). The quantitative estimate of drug-likeness (QED) is 0.447. The molecule has 0 radical (unpaired) electrons. The minimum Gasteiger partial charge on any atom is -0.435 e. The fourth-order valence-electron chi connectivity index (χ4n) is 2.45. The van der Waals surface area contributed by atoms with Gasteiger partial charge in [0.2, 0.25) is 0 Å². The summed E-state index contributed by atoms with van der Waals surface area (Å²) in [5, 5.41) is 4.29. The Hall–Kier alpha value is -2.29. The second-order valence-corrected chi connectivity index (χ2v) is 7.68. The molecular formula is C17H9ClF2N2O2S2. The highest BCUT2D eigenvalue weighted by atomic mass is 35.5. The summed E-state index contributed by atoms with van der Waals surface area (Å²) in [6.45, 7) is -2.89. The van der Waals surface area contributed by atoms with Crippen molar-refractivity contribution in [3.63, 3.8) is 0 Å². The molecule has 0 atom stereocenters. The average molecular weight is 411 g/mol. The Morgan fingerprint density at radius 1 is 1.15 bits per heavy atom. The molecule has 0 aliphatic carbocycles. The van der Waals surface area contributed by atoms with E-state index in [2.05, 4.69) is 15.0 Å². The van der Waals surface area contributed by atoms with E-state index in [-0.39, 0.29) is 11.7 Å². The Morgan fingerprint density at radius 2 is 1.96 bits per heavy atom. The van der Waals surface area contributed by atoms with Crippen molar-refractivity contribution in [2.45, 2.75) is 6.61 Å². The molecule has 132 valence electrons. The Balaban J connectivity index is 1.61. The Kier molecular flexibility index (Phi) is 4.47. The van der Waals surface area contributed by atoms with Gasteiger partial charge in [0, 0.05) is 10.1 Å². The molecule has 0 saturated carbocycles. The molecule has 4 nitrogen and oxygen atoms in total. The topological polar surface area (TPSA) is 51.2 Å². The molecule has 0 aliphatic heterocycles. The average Bonchev–Trinajstić information content (AvgIpc) is 3.15. The molecule has 2 heterocycles. The van der Waals surface area contributed by atoms with E-state index in [0.717, 1.165) is 10.1 Å². The van der Waals surface area contributed by atoms with E-state index >= 15 is 0 Å². The van der Waals surface area contributed by atoms with E-state index < -0.39 is 6.61 Å². The first-order valence-electron chi connectivity index (χ1n) is 7.35. The minimum atomic E-state index is -2.89. The van der Waals surface area contributed by atoms with Crippen molar-refractivity contribution in [1.29, 1.82) is 0 Å². The summed E-state index contributed by atoms with van der Waals surface area (Å²) < 4.78 is 30.5. The van der Waals surface area contributed by atoms with Crippen LogP contribution in [0.2, 0.25) is 5.02 Å². The maximum atomic E-state index is 12.6. The number of alkyl halides is 2. The number of benzene rings is 2. The Morgan fingerprint density at radius 3 is 2.73 bits per heavy atom. The van der Waals surface area contributed by atoms with E-state index in [1.807, 2.05) is 24.3 Å². The van der Waals surface area contributed by atoms with Gasteiger partial charge in [-0.05, 0) is 24.3 Å². The van der Waals surface area contributed by atoms with Crippen LogP contribution in [-0.2, 0) is 0 Å². The lowest BCUT2D eigenvalue weighted by Gasteiger charge is -2.02. The van der Waals surface area contributed by atoms with Crippen LogP contribution in [0.25, 0.3) is 20.3 Å². The summed E-state index contributed by atoms with van der Waals surface area (Å²) in [6.07, 6.45) is 0. The number of aromatic nitrogens is 1. The lowest BCUT2D eigenvalue weighted by Crippen LogP contribution is -2.10. The number of carbonyl (C=O) groups is 1. The van der Waals surface area contributed by atoms with Crippen molar-refractivity contribution >= 4 is 65.6 Å². The molecule has 26 heavy (non-hydrogen) atoms. The van der Waals surface area contributed by atoms with Crippen LogP contribution in [0.1, 0.15) is 9.67 Å². The van der Waals surface area contributed by atoms with Crippen LogP contribution in [0, 0.1) is 0 Å². The van der Waals surface area contributed by atoms with Crippen LogP contribution in [0.3, 0.4) is 0 Å². The number of nitrogens with zero attached hydrogens (tertiary/aromatic N) is 1. The predicted molar refractivity (Wildman–Crippen MR) is 101 cm³/mol.